The Morgan fingerprint density at radius 1 is 1.32 bits per heavy atom. The molecule has 1 aromatic heterocycles. The van der Waals surface area contributed by atoms with Crippen LogP contribution in [-0.4, -0.2) is 49.3 Å². The van der Waals surface area contributed by atoms with Crippen molar-refractivity contribution in [2.75, 3.05) is 19.6 Å². The minimum absolute atomic E-state index is 0.0542. The highest BCUT2D eigenvalue weighted by molar-refractivity contribution is 7.91. The van der Waals surface area contributed by atoms with Crippen molar-refractivity contribution < 1.29 is 23.1 Å². The maximum Gasteiger partial charge on any atom is 0.308 e. The van der Waals surface area contributed by atoms with Crippen molar-refractivity contribution in [3.63, 3.8) is 0 Å². The summed E-state index contributed by atoms with van der Waals surface area (Å²) in [4.78, 5) is 23.7. The van der Waals surface area contributed by atoms with Gasteiger partial charge in [-0.05, 0) is 31.4 Å². The molecule has 9 heteroatoms. The van der Waals surface area contributed by atoms with Crippen LogP contribution in [0.5, 0.6) is 0 Å². The number of aliphatic carboxylic acids is 1. The Morgan fingerprint density at radius 3 is 2.60 bits per heavy atom. The van der Waals surface area contributed by atoms with E-state index >= 15 is 0 Å². The molecule has 2 heterocycles. The molecule has 1 amide bonds. The van der Waals surface area contributed by atoms with Crippen molar-refractivity contribution in [2.24, 2.45) is 5.92 Å². The lowest BCUT2D eigenvalue weighted by Crippen LogP contribution is -2.33. The first-order chi connectivity index (χ1) is 11.8. The van der Waals surface area contributed by atoms with Crippen LogP contribution >= 0.6 is 11.3 Å². The number of amides is 1. The molecule has 1 fully saturated rings. The molecule has 0 spiro atoms. The second-order valence-corrected chi connectivity index (χ2v) is 9.47. The zero-order valence-corrected chi connectivity index (χ0v) is 15.9. The minimum atomic E-state index is -3.46. The van der Waals surface area contributed by atoms with E-state index in [0.717, 1.165) is 30.6 Å². The minimum Gasteiger partial charge on any atom is -0.481 e. The summed E-state index contributed by atoms with van der Waals surface area (Å²) >= 11 is 1.10. The fraction of sp³-hybridized carbons (Fsp3) is 0.625. The van der Waals surface area contributed by atoms with Crippen LogP contribution in [0, 0.1) is 5.92 Å². The zero-order chi connectivity index (χ0) is 18.4. The molecule has 1 aliphatic rings. The van der Waals surface area contributed by atoms with Gasteiger partial charge in [-0.25, -0.2) is 8.42 Å². The molecule has 0 radical (unpaired) electrons. The molecule has 0 aliphatic carbocycles. The van der Waals surface area contributed by atoms with Crippen molar-refractivity contribution in [2.45, 2.75) is 43.2 Å². The summed E-state index contributed by atoms with van der Waals surface area (Å²) in [5.41, 5.74) is 0. The van der Waals surface area contributed by atoms with E-state index in [4.69, 9.17) is 5.11 Å². The maximum absolute atomic E-state index is 12.5. The maximum atomic E-state index is 12.5. The summed E-state index contributed by atoms with van der Waals surface area (Å²) in [6, 6.07) is 3.19. The lowest BCUT2D eigenvalue weighted by atomic mass is 10.0. The van der Waals surface area contributed by atoms with Gasteiger partial charge in [0.2, 0.25) is 5.91 Å². The number of nitrogens with zero attached hydrogens (tertiary/aromatic N) is 1. The predicted octanol–water partition coefficient (Wildman–Crippen LogP) is 1.69. The zero-order valence-electron chi connectivity index (χ0n) is 14.2. The number of carboxylic acids is 1. The van der Waals surface area contributed by atoms with Crippen LogP contribution in [0.3, 0.4) is 0 Å². The van der Waals surface area contributed by atoms with Gasteiger partial charge in [0.1, 0.15) is 4.21 Å². The largest absolute Gasteiger partial charge is 0.481 e. The van der Waals surface area contributed by atoms with E-state index < -0.39 is 21.9 Å². The number of carboxylic acid groups (broad SMARTS) is 1. The van der Waals surface area contributed by atoms with Gasteiger partial charge >= 0.3 is 5.97 Å². The van der Waals surface area contributed by atoms with Crippen molar-refractivity contribution in [1.82, 2.24) is 9.62 Å². The third-order valence-corrected chi connectivity index (χ3v) is 7.61. The summed E-state index contributed by atoms with van der Waals surface area (Å²) < 4.78 is 26.7. The molecule has 2 N–H and O–H groups in total. The summed E-state index contributed by atoms with van der Waals surface area (Å²) in [6.45, 7) is 3.08. The van der Waals surface area contributed by atoms with Gasteiger partial charge in [-0.3, -0.25) is 9.59 Å². The monoisotopic (exact) mass is 388 g/mol. The number of hydrogen-bond donors (Lipinski definition) is 2. The van der Waals surface area contributed by atoms with Gasteiger partial charge in [-0.1, -0.05) is 13.3 Å². The topological polar surface area (TPSA) is 104 Å². The van der Waals surface area contributed by atoms with E-state index in [2.05, 4.69) is 5.32 Å². The molecule has 0 saturated carbocycles. The molecule has 1 saturated heterocycles. The number of hydrogen-bond acceptors (Lipinski definition) is 5. The molecular weight excluding hydrogens is 364 g/mol. The van der Waals surface area contributed by atoms with Gasteiger partial charge in [0.05, 0.1) is 12.3 Å². The Hall–Kier alpha value is -1.45. The van der Waals surface area contributed by atoms with Gasteiger partial charge in [0.15, 0.2) is 0 Å². The fourth-order valence-electron chi connectivity index (χ4n) is 2.77. The van der Waals surface area contributed by atoms with Crippen LogP contribution in [0.2, 0.25) is 0 Å². The molecule has 1 unspecified atom stereocenters. The van der Waals surface area contributed by atoms with E-state index in [1.54, 1.807) is 6.07 Å². The van der Waals surface area contributed by atoms with E-state index in [9.17, 15) is 18.0 Å². The molecular formula is C16H24N2O5S2. The van der Waals surface area contributed by atoms with E-state index in [1.165, 1.54) is 10.4 Å². The Balaban J connectivity index is 1.92. The molecule has 2 rings (SSSR count). The van der Waals surface area contributed by atoms with Crippen molar-refractivity contribution in [1.29, 1.82) is 0 Å². The van der Waals surface area contributed by atoms with Gasteiger partial charge in [-0.2, -0.15) is 4.31 Å². The highest BCUT2D eigenvalue weighted by Gasteiger charge is 2.28. The first-order valence-corrected chi connectivity index (χ1v) is 10.7. The van der Waals surface area contributed by atoms with Crippen LogP contribution in [0.4, 0.5) is 0 Å². The van der Waals surface area contributed by atoms with E-state index in [-0.39, 0.29) is 23.1 Å². The summed E-state index contributed by atoms with van der Waals surface area (Å²) in [6.07, 6.45) is 3.05. The molecule has 7 nitrogen and oxygen atoms in total. The second-order valence-electron chi connectivity index (χ2n) is 6.14. The SMILES string of the molecule is CCCC(CNC(=O)Cc1ccc(S(=O)(=O)N2CCCC2)s1)C(=O)O. The van der Waals surface area contributed by atoms with E-state index in [1.807, 2.05) is 6.92 Å². The van der Waals surface area contributed by atoms with Crippen LogP contribution in [0.1, 0.15) is 37.5 Å². The first kappa shape index (κ1) is 19.9. The van der Waals surface area contributed by atoms with Gasteiger partial charge in [0, 0.05) is 24.5 Å². The van der Waals surface area contributed by atoms with Crippen molar-refractivity contribution >= 4 is 33.2 Å². The quantitative estimate of drug-likeness (QED) is 0.670. The van der Waals surface area contributed by atoms with E-state index in [0.29, 0.717) is 24.4 Å². The Morgan fingerprint density at radius 2 is 2.00 bits per heavy atom. The molecule has 25 heavy (non-hydrogen) atoms. The Kier molecular flexibility index (Phi) is 6.97. The average molecular weight is 389 g/mol. The standard InChI is InChI=1S/C16H24N2O5S2/c1-2-5-12(16(20)21)11-17-14(19)10-13-6-7-15(24-13)25(22,23)18-8-3-4-9-18/h6-7,12H,2-5,8-11H2,1H3,(H,17,19)(H,20,21). The van der Waals surface area contributed by atoms with Crippen LogP contribution in [0.15, 0.2) is 16.3 Å². The number of rotatable bonds is 9. The highest BCUT2D eigenvalue weighted by atomic mass is 32.2. The van der Waals surface area contributed by atoms with Crippen LogP contribution < -0.4 is 5.32 Å². The van der Waals surface area contributed by atoms with Crippen LogP contribution in [-0.2, 0) is 26.0 Å². The third kappa shape index (κ3) is 5.26. The molecule has 1 aromatic rings. The predicted molar refractivity (Wildman–Crippen MR) is 95.1 cm³/mol. The highest BCUT2D eigenvalue weighted by Crippen LogP contribution is 2.27. The van der Waals surface area contributed by atoms with Gasteiger partial charge in [-0.15, -0.1) is 11.3 Å². The summed E-state index contributed by atoms with van der Waals surface area (Å²) in [5.74, 6) is -1.81. The number of thiophene rings is 1. The molecule has 140 valence electrons. The van der Waals surface area contributed by atoms with Crippen molar-refractivity contribution in [3.05, 3.63) is 17.0 Å². The van der Waals surface area contributed by atoms with Gasteiger partial charge < -0.3 is 10.4 Å². The molecule has 1 aliphatic heterocycles. The first-order valence-electron chi connectivity index (χ1n) is 8.43. The van der Waals surface area contributed by atoms with Crippen LogP contribution in [0.25, 0.3) is 0 Å². The number of carbonyl (C=O) groups excluding carboxylic acids is 1. The lowest BCUT2D eigenvalue weighted by molar-refractivity contribution is -0.141. The lowest BCUT2D eigenvalue weighted by Gasteiger charge is -2.13. The van der Waals surface area contributed by atoms with Gasteiger partial charge in [0.25, 0.3) is 10.0 Å². The summed E-state index contributed by atoms with van der Waals surface area (Å²) in [7, 11) is -3.46. The summed E-state index contributed by atoms with van der Waals surface area (Å²) in [5, 5.41) is 11.7. The molecule has 0 aromatic carbocycles. The number of sulfonamides is 1. The third-order valence-electron chi connectivity index (χ3n) is 4.16. The Bertz CT molecular complexity index is 708. The number of nitrogens with one attached hydrogen (secondary N) is 1. The second kappa shape index (κ2) is 8.77. The fourth-order valence-corrected chi connectivity index (χ4v) is 5.79. The van der Waals surface area contributed by atoms with Crippen molar-refractivity contribution in [3.8, 4) is 0 Å². The smallest absolute Gasteiger partial charge is 0.308 e. The average Bonchev–Trinajstić information content (AvgIpc) is 3.22. The number of carbonyl (C=O) groups is 2. The Labute approximate surface area is 152 Å². The molecule has 1 atom stereocenters. The normalized spacial score (nSPS) is 16.7. The molecule has 0 bridgehead atoms.